The first-order chi connectivity index (χ1) is 14.0. The van der Waals surface area contributed by atoms with Gasteiger partial charge in [0.1, 0.15) is 23.0 Å². The van der Waals surface area contributed by atoms with Crippen molar-refractivity contribution in [3.8, 4) is 29.1 Å². The Morgan fingerprint density at radius 1 is 0.793 bits per heavy atom. The summed E-state index contributed by atoms with van der Waals surface area (Å²) in [6, 6.07) is 16.1. The van der Waals surface area contributed by atoms with Crippen molar-refractivity contribution in [2.75, 3.05) is 0 Å². The van der Waals surface area contributed by atoms with E-state index >= 15 is 0 Å². The molecular formula is C24H17N3O2. The molecule has 29 heavy (non-hydrogen) atoms. The Hall–Kier alpha value is -4.27. The molecule has 0 N–H and O–H groups in total. The molecule has 0 radical (unpaired) electrons. The smallest absolute Gasteiger partial charge is 0.198 e. The molecule has 0 heterocycles. The molecule has 140 valence electrons. The zero-order chi connectivity index (χ0) is 21.0. The molecule has 3 aromatic rings. The van der Waals surface area contributed by atoms with Crippen LogP contribution in [0, 0.1) is 45.2 Å². The van der Waals surface area contributed by atoms with Crippen molar-refractivity contribution in [1.29, 1.82) is 5.26 Å². The summed E-state index contributed by atoms with van der Waals surface area (Å²) in [5.41, 5.74) is 3.71. The van der Waals surface area contributed by atoms with Gasteiger partial charge in [-0.15, -0.1) is 0 Å². The molecule has 0 spiro atoms. The van der Waals surface area contributed by atoms with Gasteiger partial charge in [0.2, 0.25) is 0 Å². The number of hydrogen-bond donors (Lipinski definition) is 0. The molecule has 0 aliphatic carbocycles. The van der Waals surface area contributed by atoms with E-state index in [4.69, 9.17) is 22.6 Å². The molecule has 0 amide bonds. The lowest BCUT2D eigenvalue weighted by molar-refractivity contribution is 0.451. The van der Waals surface area contributed by atoms with Crippen molar-refractivity contribution in [3.05, 3.63) is 93.6 Å². The maximum atomic E-state index is 9.22. The Balaban J connectivity index is 1.95. The molecule has 0 aliphatic heterocycles. The fourth-order valence-electron chi connectivity index (χ4n) is 2.86. The third-order valence-electron chi connectivity index (χ3n) is 4.52. The third kappa shape index (κ3) is 4.03. The number of nitriles is 1. The second-order valence-electron chi connectivity index (χ2n) is 6.50. The Kier molecular flexibility index (Phi) is 5.49. The quantitative estimate of drug-likeness (QED) is 0.452. The number of benzene rings is 3. The largest absolute Gasteiger partial charge is 0.458 e. The first kappa shape index (κ1) is 19.5. The zero-order valence-electron chi connectivity index (χ0n) is 16.3. The van der Waals surface area contributed by atoms with E-state index in [1.807, 2.05) is 45.0 Å². The first-order valence-electron chi connectivity index (χ1n) is 8.82. The molecule has 0 fully saturated rings. The number of rotatable bonds is 4. The fourth-order valence-corrected chi connectivity index (χ4v) is 2.86. The lowest BCUT2D eigenvalue weighted by Gasteiger charge is -2.16. The summed E-state index contributed by atoms with van der Waals surface area (Å²) in [4.78, 5) is 6.73. The Labute approximate surface area is 170 Å². The van der Waals surface area contributed by atoms with Gasteiger partial charge in [0, 0.05) is 5.56 Å². The summed E-state index contributed by atoms with van der Waals surface area (Å²) in [6.45, 7) is 20.1. The van der Waals surface area contributed by atoms with Crippen LogP contribution in [0.2, 0.25) is 0 Å². The van der Waals surface area contributed by atoms with Crippen LogP contribution in [0.15, 0.2) is 48.5 Å². The molecule has 0 bridgehead atoms. The highest BCUT2D eigenvalue weighted by Crippen LogP contribution is 2.39. The first-order valence-corrected chi connectivity index (χ1v) is 8.82. The Morgan fingerprint density at radius 3 is 2.14 bits per heavy atom. The second kappa shape index (κ2) is 8.17. The van der Waals surface area contributed by atoms with Gasteiger partial charge in [-0.1, -0.05) is 18.2 Å². The Morgan fingerprint density at radius 2 is 1.45 bits per heavy atom. The van der Waals surface area contributed by atoms with Crippen molar-refractivity contribution in [3.63, 3.8) is 0 Å². The van der Waals surface area contributed by atoms with Gasteiger partial charge in [-0.3, -0.25) is 4.85 Å². The average Bonchev–Trinajstić information content (AvgIpc) is 2.74. The second-order valence-corrected chi connectivity index (χ2v) is 6.50. The van der Waals surface area contributed by atoms with Gasteiger partial charge in [-0.2, -0.15) is 5.26 Å². The minimum absolute atomic E-state index is 0.254. The maximum Gasteiger partial charge on any atom is 0.198 e. The van der Waals surface area contributed by atoms with Gasteiger partial charge in [-0.05, 0) is 62.2 Å². The van der Waals surface area contributed by atoms with Gasteiger partial charge in [-0.25, -0.2) is 4.85 Å². The van der Waals surface area contributed by atoms with E-state index in [2.05, 4.69) is 15.8 Å². The highest BCUT2D eigenvalue weighted by molar-refractivity contribution is 5.72. The zero-order valence-corrected chi connectivity index (χ0v) is 16.3. The van der Waals surface area contributed by atoms with Crippen molar-refractivity contribution < 1.29 is 9.47 Å². The fraction of sp³-hybridized carbons (Fsp3) is 0.125. The van der Waals surface area contributed by atoms with Crippen LogP contribution in [0.1, 0.15) is 22.3 Å². The Bertz CT molecular complexity index is 1220. The highest BCUT2D eigenvalue weighted by atomic mass is 16.5. The molecule has 5 nitrogen and oxygen atoms in total. The van der Waals surface area contributed by atoms with E-state index in [0.29, 0.717) is 34.2 Å². The predicted octanol–water partition coefficient (Wildman–Crippen LogP) is 7.17. The monoisotopic (exact) mass is 379 g/mol. The summed E-state index contributed by atoms with van der Waals surface area (Å²) in [6.07, 6.45) is 0. The molecule has 0 aromatic heterocycles. The normalized spacial score (nSPS) is 9.79. The van der Waals surface area contributed by atoms with Gasteiger partial charge < -0.3 is 9.47 Å². The van der Waals surface area contributed by atoms with Crippen LogP contribution in [0.4, 0.5) is 11.4 Å². The minimum Gasteiger partial charge on any atom is -0.458 e. The minimum atomic E-state index is 0.254. The molecule has 3 rings (SSSR count). The molecular weight excluding hydrogens is 362 g/mol. The van der Waals surface area contributed by atoms with Crippen LogP contribution >= 0.6 is 0 Å². The van der Waals surface area contributed by atoms with Crippen molar-refractivity contribution >= 4 is 11.4 Å². The molecule has 3 aromatic carbocycles. The van der Waals surface area contributed by atoms with Crippen molar-refractivity contribution in [1.82, 2.24) is 0 Å². The molecule has 0 atom stereocenters. The van der Waals surface area contributed by atoms with E-state index in [-0.39, 0.29) is 5.69 Å². The highest BCUT2D eigenvalue weighted by Gasteiger charge is 2.13. The average molecular weight is 379 g/mol. The van der Waals surface area contributed by atoms with E-state index in [1.165, 1.54) is 0 Å². The van der Waals surface area contributed by atoms with Crippen LogP contribution in [0.25, 0.3) is 9.69 Å². The lowest BCUT2D eigenvalue weighted by atomic mass is 10.1. The topological polar surface area (TPSA) is 51.0 Å². The van der Waals surface area contributed by atoms with E-state index in [0.717, 1.165) is 16.7 Å². The number of ether oxygens (including phenoxy) is 2. The summed E-state index contributed by atoms with van der Waals surface area (Å²) in [5, 5.41) is 9.22. The van der Waals surface area contributed by atoms with Gasteiger partial charge in [0.15, 0.2) is 11.4 Å². The third-order valence-corrected chi connectivity index (χ3v) is 4.52. The SMILES string of the molecule is [C-]#[N+]c1ccc(Oc2c(C)ccc(Oc3ccc(C)c(C#N)c3)c2C)cc1[N+]#[C-]. The van der Waals surface area contributed by atoms with Gasteiger partial charge >= 0.3 is 0 Å². The number of nitrogens with zero attached hydrogens (tertiary/aromatic N) is 3. The standard InChI is InChI=1S/C24H17N3O2/c1-15-6-8-19(12-18(15)14-25)28-23-11-7-16(2)24(17(23)3)29-20-9-10-21(26-4)22(13-20)27-5/h6-13H,1-3H3. The predicted molar refractivity (Wildman–Crippen MR) is 111 cm³/mol. The van der Waals surface area contributed by atoms with Crippen molar-refractivity contribution in [2.45, 2.75) is 20.8 Å². The van der Waals surface area contributed by atoms with E-state index in [9.17, 15) is 5.26 Å². The summed E-state index contributed by atoms with van der Waals surface area (Å²) in [7, 11) is 0. The van der Waals surface area contributed by atoms with E-state index < -0.39 is 0 Å². The molecule has 0 aliphatic rings. The lowest BCUT2D eigenvalue weighted by Crippen LogP contribution is -1.95. The maximum absolute atomic E-state index is 9.22. The number of aryl methyl sites for hydroxylation is 2. The van der Waals surface area contributed by atoms with Crippen molar-refractivity contribution in [2.24, 2.45) is 0 Å². The summed E-state index contributed by atoms with van der Waals surface area (Å²) < 4.78 is 12.0. The van der Waals surface area contributed by atoms with Crippen LogP contribution in [-0.2, 0) is 0 Å². The molecule has 0 saturated heterocycles. The van der Waals surface area contributed by atoms with Crippen LogP contribution in [0.5, 0.6) is 23.0 Å². The van der Waals surface area contributed by atoms with Crippen LogP contribution in [-0.4, -0.2) is 0 Å². The van der Waals surface area contributed by atoms with E-state index in [1.54, 1.807) is 24.3 Å². The summed E-state index contributed by atoms with van der Waals surface area (Å²) in [5.74, 6) is 2.29. The number of hydrogen-bond acceptors (Lipinski definition) is 3. The van der Waals surface area contributed by atoms with Gasteiger partial charge in [0.05, 0.1) is 24.8 Å². The molecule has 0 saturated carbocycles. The summed E-state index contributed by atoms with van der Waals surface area (Å²) >= 11 is 0. The van der Waals surface area contributed by atoms with Crippen LogP contribution in [0.3, 0.4) is 0 Å². The van der Waals surface area contributed by atoms with Gasteiger partial charge in [0.25, 0.3) is 0 Å². The van der Waals surface area contributed by atoms with Crippen LogP contribution < -0.4 is 9.47 Å². The molecule has 0 unspecified atom stereocenters. The molecule has 5 heteroatoms.